The van der Waals surface area contributed by atoms with E-state index in [1.54, 1.807) is 30.3 Å². The van der Waals surface area contributed by atoms with Gasteiger partial charge in [-0.2, -0.15) is 0 Å². The number of nitrogens with zero attached hydrogens (tertiary/aromatic N) is 2. The van der Waals surface area contributed by atoms with Gasteiger partial charge in [-0.25, -0.2) is 4.79 Å². The number of allylic oxidation sites excluding steroid dienone is 1. The van der Waals surface area contributed by atoms with Crippen molar-refractivity contribution < 1.29 is 24.0 Å². The summed E-state index contributed by atoms with van der Waals surface area (Å²) >= 11 is 0. The minimum Gasteiger partial charge on any atom is -0.599 e. The highest BCUT2D eigenvalue weighted by molar-refractivity contribution is 6.27. The maximum Gasteiger partial charge on any atom is 0.340 e. The van der Waals surface area contributed by atoms with E-state index in [1.807, 2.05) is 0 Å². The summed E-state index contributed by atoms with van der Waals surface area (Å²) in [5, 5.41) is 17.2. The summed E-state index contributed by atoms with van der Waals surface area (Å²) in [6.45, 7) is 1.28. The number of fused-ring (bicyclic) bond motifs is 2. The number of carbonyl (C=O) groups is 3. The topological polar surface area (TPSA) is 132 Å². The molecule has 1 N–H and O–H groups in total. The Morgan fingerprint density at radius 2 is 1.76 bits per heavy atom. The number of rotatable bonds is 4. The van der Waals surface area contributed by atoms with Crippen LogP contribution in [0.25, 0.3) is 10.9 Å². The van der Waals surface area contributed by atoms with Gasteiger partial charge in [0.2, 0.25) is 16.9 Å². The van der Waals surface area contributed by atoms with Crippen LogP contribution >= 0.6 is 0 Å². The van der Waals surface area contributed by atoms with E-state index >= 15 is 0 Å². The molecule has 1 aromatic heterocycles. The first-order valence-corrected chi connectivity index (χ1v) is 10.2. The van der Waals surface area contributed by atoms with Crippen molar-refractivity contribution in [1.82, 2.24) is 4.98 Å². The van der Waals surface area contributed by atoms with E-state index in [-0.39, 0.29) is 46.5 Å². The standard InChI is InChI=1S/C24H17N3O6/c1-24(11-12-33-23(31)16-8-4-5-13-9-10-17(28)25-19(13)16)18-20(26-27(24)32)22(30)15-7-3-2-6-14(15)21(18)29/h2-10H,11-12H2,1H3,(H,25,28). The van der Waals surface area contributed by atoms with Crippen LogP contribution in [0.2, 0.25) is 0 Å². The normalized spacial score (nSPS) is 19.4. The number of azo groups is 1. The van der Waals surface area contributed by atoms with Crippen LogP contribution in [-0.2, 0) is 4.74 Å². The number of Topliss-reactive ketones (excluding diaryl/α,β-unsaturated/α-hetero) is 2. The zero-order valence-electron chi connectivity index (χ0n) is 17.5. The van der Waals surface area contributed by atoms with Crippen LogP contribution in [-0.4, -0.2) is 39.5 Å². The molecule has 1 aliphatic heterocycles. The van der Waals surface area contributed by atoms with Crippen molar-refractivity contribution in [3.05, 3.63) is 98.1 Å². The molecule has 1 unspecified atom stereocenters. The Bertz CT molecular complexity index is 1500. The number of carbonyl (C=O) groups excluding carboxylic acids is 3. The molecular weight excluding hydrogens is 426 g/mol. The molecule has 0 fully saturated rings. The third kappa shape index (κ3) is 3.08. The van der Waals surface area contributed by atoms with Gasteiger partial charge in [0, 0.05) is 29.2 Å². The van der Waals surface area contributed by atoms with Gasteiger partial charge in [0.15, 0.2) is 11.5 Å². The molecule has 9 nitrogen and oxygen atoms in total. The number of pyridine rings is 1. The molecule has 33 heavy (non-hydrogen) atoms. The fourth-order valence-electron chi connectivity index (χ4n) is 4.24. The lowest BCUT2D eigenvalue weighted by Gasteiger charge is -2.24. The van der Waals surface area contributed by atoms with Crippen LogP contribution in [0.15, 0.2) is 75.8 Å². The Kier molecular flexibility index (Phi) is 4.56. The van der Waals surface area contributed by atoms with E-state index in [0.29, 0.717) is 15.8 Å². The van der Waals surface area contributed by atoms with E-state index in [4.69, 9.17) is 4.74 Å². The van der Waals surface area contributed by atoms with Crippen LogP contribution in [0.3, 0.4) is 0 Å². The van der Waals surface area contributed by atoms with Gasteiger partial charge in [-0.3, -0.25) is 14.4 Å². The molecule has 9 heteroatoms. The second-order valence-corrected chi connectivity index (χ2v) is 8.05. The van der Waals surface area contributed by atoms with Gasteiger partial charge < -0.3 is 14.9 Å². The molecule has 1 aliphatic carbocycles. The molecule has 0 spiro atoms. The predicted molar refractivity (Wildman–Crippen MR) is 116 cm³/mol. The number of benzene rings is 2. The number of hydrogen-bond acceptors (Lipinski definition) is 7. The number of H-pyrrole nitrogens is 1. The van der Waals surface area contributed by atoms with Crippen LogP contribution in [0.1, 0.15) is 44.4 Å². The lowest BCUT2D eigenvalue weighted by atomic mass is 9.78. The average Bonchev–Trinajstić information content (AvgIpc) is 3.08. The maximum absolute atomic E-state index is 13.1. The summed E-state index contributed by atoms with van der Waals surface area (Å²) < 4.78 is 5.38. The Morgan fingerprint density at radius 1 is 1.03 bits per heavy atom. The minimum atomic E-state index is -1.47. The Hall–Kier alpha value is -4.40. The SMILES string of the molecule is CC1(CCOC(=O)c2cccc3ccc(=O)[nH]c23)C2=C(N=[N+]1[O-])C(=O)c1ccccc1C2=O. The molecule has 3 aromatic rings. The quantitative estimate of drug-likeness (QED) is 0.374. The van der Waals surface area contributed by atoms with Crippen molar-refractivity contribution in [1.29, 1.82) is 0 Å². The number of aromatic amines is 1. The van der Waals surface area contributed by atoms with E-state index in [1.165, 1.54) is 31.2 Å². The second-order valence-electron chi connectivity index (χ2n) is 8.05. The predicted octanol–water partition coefficient (Wildman–Crippen LogP) is 3.14. The first-order valence-electron chi connectivity index (χ1n) is 10.2. The van der Waals surface area contributed by atoms with Gasteiger partial charge in [0.1, 0.15) is 5.57 Å². The number of para-hydroxylation sites is 1. The third-order valence-electron chi connectivity index (χ3n) is 6.05. The first kappa shape index (κ1) is 20.5. The van der Waals surface area contributed by atoms with Gasteiger partial charge in [-0.15, -0.1) is 0 Å². The molecule has 1 atom stereocenters. The summed E-state index contributed by atoms with van der Waals surface area (Å²) in [5.41, 5.74) is -1.05. The van der Waals surface area contributed by atoms with Gasteiger partial charge in [-0.1, -0.05) is 41.3 Å². The van der Waals surface area contributed by atoms with E-state index in [2.05, 4.69) is 10.1 Å². The summed E-state index contributed by atoms with van der Waals surface area (Å²) in [5.74, 6) is -1.62. The highest BCUT2D eigenvalue weighted by Gasteiger charge is 2.54. The molecule has 164 valence electrons. The van der Waals surface area contributed by atoms with Gasteiger partial charge >= 0.3 is 5.97 Å². The number of nitrogens with one attached hydrogen (secondary N) is 1. The molecule has 0 radical (unpaired) electrons. The third-order valence-corrected chi connectivity index (χ3v) is 6.05. The number of aromatic nitrogens is 1. The first-order chi connectivity index (χ1) is 15.8. The number of ether oxygens (including phenoxy) is 1. The fraction of sp³-hybridized carbons (Fsp3) is 0.167. The van der Waals surface area contributed by atoms with Crippen molar-refractivity contribution in [2.45, 2.75) is 18.9 Å². The Balaban J connectivity index is 1.40. The van der Waals surface area contributed by atoms with E-state index in [0.717, 1.165) is 0 Å². The lowest BCUT2D eigenvalue weighted by Crippen LogP contribution is -2.40. The number of hydroxylamine groups is 1. The molecular formula is C24H17N3O6. The molecule has 0 amide bonds. The lowest BCUT2D eigenvalue weighted by molar-refractivity contribution is -0.587. The van der Waals surface area contributed by atoms with E-state index in [9.17, 15) is 24.4 Å². The van der Waals surface area contributed by atoms with Gasteiger partial charge in [0.05, 0.1) is 24.1 Å². The van der Waals surface area contributed by atoms with Crippen molar-refractivity contribution in [3.63, 3.8) is 0 Å². The molecule has 2 aromatic carbocycles. The zero-order valence-corrected chi connectivity index (χ0v) is 17.5. The van der Waals surface area contributed by atoms with Crippen molar-refractivity contribution in [3.8, 4) is 0 Å². The molecule has 0 saturated heterocycles. The summed E-state index contributed by atoms with van der Waals surface area (Å²) in [6, 6.07) is 14.2. The zero-order chi connectivity index (χ0) is 23.3. The monoisotopic (exact) mass is 443 g/mol. The van der Waals surface area contributed by atoms with Crippen molar-refractivity contribution >= 4 is 28.4 Å². The van der Waals surface area contributed by atoms with Crippen LogP contribution in [0, 0.1) is 5.21 Å². The molecule has 0 saturated carbocycles. The fourth-order valence-corrected chi connectivity index (χ4v) is 4.24. The summed E-state index contributed by atoms with van der Waals surface area (Å²) in [4.78, 5) is 53.3. The second kappa shape index (κ2) is 7.33. The maximum atomic E-state index is 13.1. The largest absolute Gasteiger partial charge is 0.599 e. The molecule has 5 rings (SSSR count). The highest BCUT2D eigenvalue weighted by atomic mass is 16.5. The van der Waals surface area contributed by atoms with Gasteiger partial charge in [0.25, 0.3) is 0 Å². The van der Waals surface area contributed by atoms with Crippen LogP contribution in [0.5, 0.6) is 0 Å². The molecule has 0 bridgehead atoms. The van der Waals surface area contributed by atoms with Crippen LogP contribution < -0.4 is 5.56 Å². The smallest absolute Gasteiger partial charge is 0.340 e. The minimum absolute atomic E-state index is 0.00624. The van der Waals surface area contributed by atoms with Crippen molar-refractivity contribution in [2.75, 3.05) is 6.61 Å². The highest BCUT2D eigenvalue weighted by Crippen LogP contribution is 2.41. The van der Waals surface area contributed by atoms with E-state index < -0.39 is 23.1 Å². The van der Waals surface area contributed by atoms with Gasteiger partial charge in [-0.05, 0) is 17.5 Å². The summed E-state index contributed by atoms with van der Waals surface area (Å²) in [7, 11) is 0. The molecule has 2 aliphatic rings. The number of esters is 1. The van der Waals surface area contributed by atoms with Crippen molar-refractivity contribution in [2.24, 2.45) is 5.11 Å². The Labute approximate surface area is 186 Å². The number of hydrogen-bond donors (Lipinski definition) is 1. The van der Waals surface area contributed by atoms with Crippen LogP contribution in [0.4, 0.5) is 0 Å². The molecule has 2 heterocycles. The Morgan fingerprint density at radius 3 is 2.52 bits per heavy atom. The number of ketones is 2. The summed E-state index contributed by atoms with van der Waals surface area (Å²) in [6.07, 6.45) is -0.0625. The average molecular weight is 443 g/mol.